The minimum atomic E-state index is 1.18. The smallest absolute Gasteiger partial charge is 0.0142 e. The maximum absolute atomic E-state index is 2.18. The van der Waals surface area contributed by atoms with Crippen molar-refractivity contribution < 1.29 is 0 Å². The molecule has 0 spiro atoms. The molecule has 0 fully saturated rings. The zero-order valence-corrected chi connectivity index (χ0v) is 8.01. The van der Waals surface area contributed by atoms with Gasteiger partial charge in [0.15, 0.2) is 0 Å². The fourth-order valence-electron chi connectivity index (χ4n) is 0.285. The van der Waals surface area contributed by atoms with Crippen molar-refractivity contribution in [1.29, 1.82) is 0 Å². The van der Waals surface area contributed by atoms with Gasteiger partial charge in [-0.15, -0.1) is 11.8 Å². The van der Waals surface area contributed by atoms with Gasteiger partial charge in [0, 0.05) is 0 Å². The van der Waals surface area contributed by atoms with E-state index in [2.05, 4.69) is 25.5 Å². The molecule has 0 nitrogen and oxygen atoms in total. The van der Waals surface area contributed by atoms with Gasteiger partial charge in [-0.3, -0.25) is 0 Å². The Bertz CT molecular complexity index is 65.0. The molecule has 0 aromatic rings. The molecule has 0 amide bonds. The first kappa shape index (κ1) is 11.8. The summed E-state index contributed by atoms with van der Waals surface area (Å²) in [6.45, 7) is 8.32. The molecule has 0 unspecified atom stereocenters. The summed E-state index contributed by atoms with van der Waals surface area (Å²) in [7, 11) is 0. The van der Waals surface area contributed by atoms with Crippen molar-refractivity contribution in [2.45, 2.75) is 34.1 Å². The molecule has 0 heterocycles. The predicted octanol–water partition coefficient (Wildman–Crippen LogP) is 3.69. The van der Waals surface area contributed by atoms with Crippen molar-refractivity contribution in [3.05, 3.63) is 11.0 Å². The highest BCUT2D eigenvalue weighted by Crippen LogP contribution is 2.04. The van der Waals surface area contributed by atoms with Crippen LogP contribution in [0.1, 0.15) is 34.1 Å². The molecule has 0 aromatic heterocycles. The number of rotatable bonds is 2. The van der Waals surface area contributed by atoms with Gasteiger partial charge >= 0.3 is 0 Å². The molecule has 0 aromatic carbocycles. The van der Waals surface area contributed by atoms with Crippen LogP contribution in [0.3, 0.4) is 0 Å². The Kier molecular flexibility index (Phi) is 14.4. The van der Waals surface area contributed by atoms with Crippen LogP contribution in [-0.4, -0.2) is 6.26 Å². The molecule has 0 aliphatic rings. The van der Waals surface area contributed by atoms with E-state index in [0.717, 1.165) is 0 Å². The van der Waals surface area contributed by atoms with Crippen LogP contribution in [0, 0.1) is 0 Å². The van der Waals surface area contributed by atoms with Gasteiger partial charge in [0.2, 0.25) is 0 Å². The summed E-state index contributed by atoms with van der Waals surface area (Å²) in [4.78, 5) is 0. The molecule has 56 valence electrons. The van der Waals surface area contributed by atoms with Crippen molar-refractivity contribution in [2.24, 2.45) is 0 Å². The lowest BCUT2D eigenvalue weighted by atomic mass is 10.3. The van der Waals surface area contributed by atoms with E-state index in [9.17, 15) is 0 Å². The van der Waals surface area contributed by atoms with Gasteiger partial charge in [-0.1, -0.05) is 26.3 Å². The Morgan fingerprint density at radius 1 is 1.44 bits per heavy atom. The molecule has 0 saturated heterocycles. The molecule has 0 saturated carbocycles. The minimum Gasteiger partial charge on any atom is -0.138 e. The van der Waals surface area contributed by atoms with E-state index < -0.39 is 0 Å². The van der Waals surface area contributed by atoms with E-state index in [1.165, 1.54) is 12.0 Å². The Balaban J connectivity index is 0. The van der Waals surface area contributed by atoms with Crippen molar-refractivity contribution in [3.63, 3.8) is 0 Å². The molecule has 0 aliphatic carbocycles. The molecular formula is C8H18S. The van der Waals surface area contributed by atoms with Crippen molar-refractivity contribution in [1.82, 2.24) is 0 Å². The van der Waals surface area contributed by atoms with E-state index in [1.54, 1.807) is 11.8 Å². The van der Waals surface area contributed by atoms with Crippen LogP contribution >= 0.6 is 11.8 Å². The minimum absolute atomic E-state index is 1.18. The highest BCUT2D eigenvalue weighted by Gasteiger charge is 1.77. The van der Waals surface area contributed by atoms with Crippen LogP contribution in [0.2, 0.25) is 0 Å². The first-order valence-corrected chi connectivity index (χ1v) is 4.78. The lowest BCUT2D eigenvalue weighted by Crippen LogP contribution is -1.64. The molecule has 0 rings (SSSR count). The Hall–Kier alpha value is 0.0900. The lowest BCUT2D eigenvalue weighted by molar-refractivity contribution is 1.11. The van der Waals surface area contributed by atoms with Crippen LogP contribution in [0.4, 0.5) is 0 Å². The topological polar surface area (TPSA) is 0 Å². The van der Waals surface area contributed by atoms with E-state index in [1.807, 2.05) is 13.8 Å². The number of hydrogen-bond donors (Lipinski definition) is 0. The number of hydrogen-bond acceptors (Lipinski definition) is 1. The van der Waals surface area contributed by atoms with Gasteiger partial charge in [-0.05, 0) is 25.0 Å². The number of allylic oxidation sites excluding steroid dienone is 1. The van der Waals surface area contributed by atoms with E-state index >= 15 is 0 Å². The second kappa shape index (κ2) is 11.0. The van der Waals surface area contributed by atoms with Gasteiger partial charge in [0.1, 0.15) is 0 Å². The fraction of sp³-hybridized carbons (Fsp3) is 0.750. The summed E-state index contributed by atoms with van der Waals surface area (Å²) in [5.41, 5.74) is 1.47. The molecule has 0 aliphatic heterocycles. The summed E-state index contributed by atoms with van der Waals surface area (Å²) in [5, 5.41) is 2.18. The number of thioether (sulfide) groups is 1. The molecule has 0 radical (unpaired) electrons. The van der Waals surface area contributed by atoms with Crippen molar-refractivity contribution >= 4 is 11.8 Å². The fourth-order valence-corrected chi connectivity index (χ4v) is 0.854. The van der Waals surface area contributed by atoms with Crippen molar-refractivity contribution in [2.75, 3.05) is 6.26 Å². The Morgan fingerprint density at radius 3 is 2.00 bits per heavy atom. The van der Waals surface area contributed by atoms with Crippen LogP contribution < -0.4 is 0 Å². The Morgan fingerprint density at radius 2 is 1.89 bits per heavy atom. The summed E-state index contributed by atoms with van der Waals surface area (Å²) >= 11 is 1.77. The summed E-state index contributed by atoms with van der Waals surface area (Å²) < 4.78 is 0. The summed E-state index contributed by atoms with van der Waals surface area (Å²) in [6, 6.07) is 0. The maximum Gasteiger partial charge on any atom is -0.0142 e. The maximum atomic E-state index is 2.18. The lowest BCUT2D eigenvalue weighted by Gasteiger charge is -1.88. The quantitative estimate of drug-likeness (QED) is 0.572. The van der Waals surface area contributed by atoms with E-state index in [0.29, 0.717) is 0 Å². The highest BCUT2D eigenvalue weighted by atomic mass is 32.2. The summed E-state index contributed by atoms with van der Waals surface area (Å²) in [6.07, 6.45) is 3.26. The van der Waals surface area contributed by atoms with Crippen LogP contribution in [-0.2, 0) is 0 Å². The van der Waals surface area contributed by atoms with Crippen LogP contribution in [0.25, 0.3) is 0 Å². The third kappa shape index (κ3) is 11.6. The normalized spacial score (nSPS) is 10.1. The zero-order chi connectivity index (χ0) is 7.70. The third-order valence-corrected chi connectivity index (χ3v) is 1.51. The first-order chi connectivity index (χ1) is 4.31. The standard InChI is InChI=1S/C6H12S.C2H6/c1-4-6(2)5-7-3;1-2/h5H,4H2,1-3H3;1-2H3/b6-5-;. The predicted molar refractivity (Wildman–Crippen MR) is 48.9 cm³/mol. The molecule has 1 heteroatoms. The average molecular weight is 146 g/mol. The van der Waals surface area contributed by atoms with Gasteiger partial charge in [-0.25, -0.2) is 0 Å². The van der Waals surface area contributed by atoms with Crippen LogP contribution in [0.15, 0.2) is 11.0 Å². The molecule has 0 N–H and O–H groups in total. The SMILES string of the molecule is CC.CC/C(C)=C\SC. The summed E-state index contributed by atoms with van der Waals surface area (Å²) in [5.74, 6) is 0. The monoisotopic (exact) mass is 146 g/mol. The van der Waals surface area contributed by atoms with E-state index in [-0.39, 0.29) is 0 Å². The van der Waals surface area contributed by atoms with Crippen molar-refractivity contribution in [3.8, 4) is 0 Å². The zero-order valence-electron chi connectivity index (χ0n) is 7.19. The molecule has 0 bridgehead atoms. The first-order valence-electron chi connectivity index (χ1n) is 3.49. The van der Waals surface area contributed by atoms with Crippen LogP contribution in [0.5, 0.6) is 0 Å². The van der Waals surface area contributed by atoms with Gasteiger partial charge < -0.3 is 0 Å². The second-order valence-electron chi connectivity index (χ2n) is 1.55. The average Bonchev–Trinajstić information content (AvgIpc) is 1.93. The second-order valence-corrected chi connectivity index (χ2v) is 2.26. The third-order valence-electron chi connectivity index (χ3n) is 0.877. The highest BCUT2D eigenvalue weighted by molar-refractivity contribution is 8.01. The van der Waals surface area contributed by atoms with Gasteiger partial charge in [0.25, 0.3) is 0 Å². The van der Waals surface area contributed by atoms with Gasteiger partial charge in [-0.2, -0.15) is 0 Å². The molecule has 0 atom stereocenters. The largest absolute Gasteiger partial charge is 0.138 e. The Labute approximate surface area is 63.7 Å². The van der Waals surface area contributed by atoms with E-state index in [4.69, 9.17) is 0 Å². The van der Waals surface area contributed by atoms with Gasteiger partial charge in [0.05, 0.1) is 0 Å². The molecule has 9 heavy (non-hydrogen) atoms. The molecular weight excluding hydrogens is 128 g/mol.